The maximum Gasteiger partial charge on any atom is -0.00464 e. The zero-order valence-corrected chi connectivity index (χ0v) is 9.61. The van der Waals surface area contributed by atoms with Crippen molar-refractivity contribution >= 4 is 0 Å². The Labute approximate surface area is 78.9 Å². The minimum atomic E-state index is 0.893. The fraction of sp³-hybridized carbons (Fsp3) is 1.00. The molecule has 0 aromatic heterocycles. The van der Waals surface area contributed by atoms with Crippen molar-refractivity contribution in [3.8, 4) is 0 Å². The molecule has 1 heteroatoms. The van der Waals surface area contributed by atoms with E-state index in [9.17, 15) is 0 Å². The van der Waals surface area contributed by atoms with Crippen LogP contribution in [0.15, 0.2) is 0 Å². The van der Waals surface area contributed by atoms with Crippen LogP contribution in [-0.2, 0) is 0 Å². The third kappa shape index (κ3) is 12.6. The highest BCUT2D eigenvalue weighted by Gasteiger charge is 1.95. The molecule has 0 aromatic rings. The van der Waals surface area contributed by atoms with Crippen LogP contribution in [0.1, 0.15) is 53.9 Å². The Morgan fingerprint density at radius 3 is 2.08 bits per heavy atom. The average Bonchev–Trinajstić information content (AvgIpc) is 2.15. The highest BCUT2D eigenvalue weighted by atomic mass is 14.8. The molecule has 0 radical (unpaired) electrons. The van der Waals surface area contributed by atoms with Gasteiger partial charge in [0.1, 0.15) is 0 Å². The van der Waals surface area contributed by atoms with Crippen LogP contribution in [0.25, 0.3) is 0 Å². The van der Waals surface area contributed by atoms with Gasteiger partial charge in [-0.2, -0.15) is 0 Å². The van der Waals surface area contributed by atoms with Gasteiger partial charge in [0.25, 0.3) is 0 Å². The third-order valence-electron chi connectivity index (χ3n) is 1.94. The quantitative estimate of drug-likeness (QED) is 0.607. The second-order valence-electron chi connectivity index (χ2n) is 3.05. The van der Waals surface area contributed by atoms with Gasteiger partial charge in [0.2, 0.25) is 0 Å². The lowest BCUT2D eigenvalue weighted by atomic mass is 10.1. The lowest BCUT2D eigenvalue weighted by Crippen LogP contribution is -2.17. The van der Waals surface area contributed by atoms with Crippen LogP contribution in [0.3, 0.4) is 0 Å². The maximum absolute atomic E-state index is 3.40. The molecule has 0 aliphatic rings. The van der Waals surface area contributed by atoms with Gasteiger partial charge < -0.3 is 5.32 Å². The van der Waals surface area contributed by atoms with E-state index in [0.717, 1.165) is 5.92 Å². The predicted octanol–water partition coefficient (Wildman–Crippen LogP) is 3.45. The van der Waals surface area contributed by atoms with E-state index in [4.69, 9.17) is 0 Å². The summed E-state index contributed by atoms with van der Waals surface area (Å²) in [7, 11) is 0. The van der Waals surface area contributed by atoms with Gasteiger partial charge >= 0.3 is 0 Å². The van der Waals surface area contributed by atoms with Crippen LogP contribution in [0, 0.1) is 5.92 Å². The Morgan fingerprint density at radius 1 is 1.08 bits per heavy atom. The molecule has 0 rings (SSSR count). The van der Waals surface area contributed by atoms with Crippen molar-refractivity contribution in [2.75, 3.05) is 13.1 Å². The van der Waals surface area contributed by atoms with Crippen molar-refractivity contribution in [3.63, 3.8) is 0 Å². The van der Waals surface area contributed by atoms with Gasteiger partial charge in [-0.3, -0.25) is 0 Å². The Bertz CT molecular complexity index is 62.0. The van der Waals surface area contributed by atoms with Gasteiger partial charge in [-0.05, 0) is 31.8 Å². The maximum atomic E-state index is 3.40. The molecule has 0 amide bonds. The standard InChI is InChI=1S/C9H21N.C2H6/c1-4-7-10-8-6-9(3)5-2;1-2/h9-10H,4-8H2,1-3H3;1-2H3. The molecular formula is C11H27N. The Balaban J connectivity index is 0. The van der Waals surface area contributed by atoms with E-state index in [-0.39, 0.29) is 0 Å². The van der Waals surface area contributed by atoms with E-state index in [1.807, 2.05) is 13.8 Å². The summed E-state index contributed by atoms with van der Waals surface area (Å²) in [5, 5.41) is 3.40. The van der Waals surface area contributed by atoms with Crippen LogP contribution in [0.5, 0.6) is 0 Å². The summed E-state index contributed by atoms with van der Waals surface area (Å²) in [6.07, 6.45) is 3.89. The number of nitrogens with one attached hydrogen (secondary N) is 1. The van der Waals surface area contributed by atoms with Crippen molar-refractivity contribution in [2.24, 2.45) is 5.92 Å². The first-order chi connectivity index (χ1) is 5.81. The summed E-state index contributed by atoms with van der Waals surface area (Å²) in [5.74, 6) is 0.893. The highest BCUT2D eigenvalue weighted by Crippen LogP contribution is 2.03. The fourth-order valence-electron chi connectivity index (χ4n) is 0.854. The van der Waals surface area contributed by atoms with Crippen molar-refractivity contribution in [2.45, 2.75) is 53.9 Å². The number of rotatable bonds is 6. The molecule has 1 N–H and O–H groups in total. The third-order valence-corrected chi connectivity index (χ3v) is 1.94. The normalized spacial score (nSPS) is 11.8. The van der Waals surface area contributed by atoms with Gasteiger partial charge in [0.15, 0.2) is 0 Å². The molecule has 0 aliphatic heterocycles. The highest BCUT2D eigenvalue weighted by molar-refractivity contribution is 4.52. The molecule has 0 fully saturated rings. The molecule has 1 atom stereocenters. The SMILES string of the molecule is CC.CCCNCCC(C)CC. The minimum Gasteiger partial charge on any atom is -0.317 e. The van der Waals surface area contributed by atoms with E-state index < -0.39 is 0 Å². The molecule has 0 saturated carbocycles. The summed E-state index contributed by atoms with van der Waals surface area (Å²) in [4.78, 5) is 0. The molecule has 1 nitrogen and oxygen atoms in total. The minimum absolute atomic E-state index is 0.893. The first-order valence-electron chi connectivity index (χ1n) is 5.52. The Kier molecular flexibility index (Phi) is 16.3. The van der Waals surface area contributed by atoms with E-state index in [2.05, 4.69) is 26.1 Å². The van der Waals surface area contributed by atoms with Gasteiger partial charge in [-0.25, -0.2) is 0 Å². The zero-order chi connectivity index (χ0) is 9.82. The van der Waals surface area contributed by atoms with Crippen LogP contribution >= 0.6 is 0 Å². The average molecular weight is 173 g/mol. The molecule has 12 heavy (non-hydrogen) atoms. The number of hydrogen-bond donors (Lipinski definition) is 1. The summed E-state index contributed by atoms with van der Waals surface area (Å²) >= 11 is 0. The van der Waals surface area contributed by atoms with Crippen molar-refractivity contribution in [1.82, 2.24) is 5.32 Å². The molecule has 0 saturated heterocycles. The summed E-state index contributed by atoms with van der Waals surface area (Å²) in [6, 6.07) is 0. The van der Waals surface area contributed by atoms with Gasteiger partial charge in [0.05, 0.1) is 0 Å². The number of hydrogen-bond acceptors (Lipinski definition) is 1. The summed E-state index contributed by atoms with van der Waals surface area (Å²) in [6.45, 7) is 13.1. The van der Waals surface area contributed by atoms with E-state index in [0.29, 0.717) is 0 Å². The first kappa shape index (κ1) is 14.5. The summed E-state index contributed by atoms with van der Waals surface area (Å²) < 4.78 is 0. The fourth-order valence-corrected chi connectivity index (χ4v) is 0.854. The van der Waals surface area contributed by atoms with E-state index >= 15 is 0 Å². The molecule has 1 unspecified atom stereocenters. The monoisotopic (exact) mass is 173 g/mol. The first-order valence-corrected chi connectivity index (χ1v) is 5.52. The largest absolute Gasteiger partial charge is 0.317 e. The second kappa shape index (κ2) is 13.5. The van der Waals surface area contributed by atoms with Crippen LogP contribution < -0.4 is 5.32 Å². The molecule has 0 aromatic carbocycles. The topological polar surface area (TPSA) is 12.0 Å². The van der Waals surface area contributed by atoms with Crippen molar-refractivity contribution in [3.05, 3.63) is 0 Å². The Morgan fingerprint density at radius 2 is 1.67 bits per heavy atom. The van der Waals surface area contributed by atoms with Gasteiger partial charge in [-0.15, -0.1) is 0 Å². The molecule has 76 valence electrons. The van der Waals surface area contributed by atoms with Gasteiger partial charge in [-0.1, -0.05) is 41.0 Å². The van der Waals surface area contributed by atoms with E-state index in [1.54, 1.807) is 0 Å². The van der Waals surface area contributed by atoms with E-state index in [1.165, 1.54) is 32.4 Å². The van der Waals surface area contributed by atoms with Crippen molar-refractivity contribution < 1.29 is 0 Å². The molecule has 0 heterocycles. The van der Waals surface area contributed by atoms with Crippen LogP contribution in [0.2, 0.25) is 0 Å². The van der Waals surface area contributed by atoms with Crippen LogP contribution in [-0.4, -0.2) is 13.1 Å². The second-order valence-corrected chi connectivity index (χ2v) is 3.05. The molecular weight excluding hydrogens is 146 g/mol. The molecule has 0 spiro atoms. The Hall–Kier alpha value is -0.0400. The lowest BCUT2D eigenvalue weighted by Gasteiger charge is -2.07. The zero-order valence-electron chi connectivity index (χ0n) is 9.61. The van der Waals surface area contributed by atoms with Crippen molar-refractivity contribution in [1.29, 1.82) is 0 Å². The molecule has 0 aliphatic carbocycles. The summed E-state index contributed by atoms with van der Waals surface area (Å²) in [5.41, 5.74) is 0. The predicted molar refractivity (Wildman–Crippen MR) is 58.6 cm³/mol. The van der Waals surface area contributed by atoms with Gasteiger partial charge in [0, 0.05) is 0 Å². The molecule has 0 bridgehead atoms. The lowest BCUT2D eigenvalue weighted by molar-refractivity contribution is 0.488. The van der Waals surface area contributed by atoms with Crippen LogP contribution in [0.4, 0.5) is 0 Å². The smallest absolute Gasteiger partial charge is 0.00464 e.